The van der Waals surface area contributed by atoms with Crippen molar-refractivity contribution in [2.75, 3.05) is 0 Å². The number of hydrogen-bond acceptors (Lipinski definition) is 2. The zero-order chi connectivity index (χ0) is 9.68. The van der Waals surface area contributed by atoms with E-state index in [1.54, 1.807) is 24.0 Å². The van der Waals surface area contributed by atoms with E-state index in [-0.39, 0.29) is 5.78 Å². The Balaban J connectivity index is 2.52. The van der Waals surface area contributed by atoms with Crippen LogP contribution in [0.3, 0.4) is 0 Å². The van der Waals surface area contributed by atoms with Crippen LogP contribution in [0.5, 0.6) is 0 Å². The Morgan fingerprint density at radius 1 is 1.69 bits per heavy atom. The van der Waals surface area contributed by atoms with Crippen LogP contribution in [0, 0.1) is 11.8 Å². The fourth-order valence-electron chi connectivity index (χ4n) is 0.986. The molecule has 13 heavy (non-hydrogen) atoms. The number of aryl methyl sites for hydroxylation is 1. The number of nitrogens with zero attached hydrogens (tertiary/aromatic N) is 2. The predicted octanol–water partition coefficient (Wildman–Crippen LogP) is 1.41. The third-order valence-electron chi connectivity index (χ3n) is 1.64. The van der Waals surface area contributed by atoms with Gasteiger partial charge in [0.15, 0.2) is 5.78 Å². The van der Waals surface area contributed by atoms with Crippen LogP contribution in [-0.4, -0.2) is 15.3 Å². The Kier molecular flexibility index (Phi) is 3.27. The summed E-state index contributed by atoms with van der Waals surface area (Å²) in [6.07, 6.45) is 4.42. The number of imidazole rings is 1. The van der Waals surface area contributed by atoms with Crippen LogP contribution in [0.4, 0.5) is 0 Å². The molecule has 1 rings (SSSR count). The average Bonchev–Trinajstić information content (AvgIpc) is 2.52. The summed E-state index contributed by atoms with van der Waals surface area (Å²) >= 11 is 0. The lowest BCUT2D eigenvalue weighted by atomic mass is 10.2. The van der Waals surface area contributed by atoms with Gasteiger partial charge in [0.2, 0.25) is 0 Å². The molecule has 0 aliphatic carbocycles. The molecule has 0 aliphatic rings. The van der Waals surface area contributed by atoms with E-state index in [0.717, 1.165) is 0 Å². The van der Waals surface area contributed by atoms with Crippen LogP contribution in [0.1, 0.15) is 30.3 Å². The molecule has 1 heterocycles. The number of carbonyl (C=O) groups is 1. The Morgan fingerprint density at radius 2 is 2.46 bits per heavy atom. The Labute approximate surface area is 77.8 Å². The summed E-state index contributed by atoms with van der Waals surface area (Å²) in [4.78, 5) is 15.3. The van der Waals surface area contributed by atoms with E-state index in [1.165, 1.54) is 0 Å². The second-order valence-electron chi connectivity index (χ2n) is 2.77. The quantitative estimate of drug-likeness (QED) is 0.515. The number of Topliss-reactive ketones (excluding diaryl/α,β-unsaturated/α-hetero) is 1. The molecular formula is C10H12N2O. The van der Waals surface area contributed by atoms with Crippen molar-refractivity contribution in [2.24, 2.45) is 7.05 Å². The number of aromatic nitrogens is 2. The van der Waals surface area contributed by atoms with Gasteiger partial charge in [-0.25, -0.2) is 4.98 Å². The number of rotatable bonds is 3. The van der Waals surface area contributed by atoms with Gasteiger partial charge in [-0.05, 0) is 6.92 Å². The number of ketones is 1. The first-order chi connectivity index (χ1) is 6.24. The molecule has 68 valence electrons. The Hall–Kier alpha value is -1.56. The topological polar surface area (TPSA) is 34.9 Å². The summed E-state index contributed by atoms with van der Waals surface area (Å²) in [5.74, 6) is 5.66. The third kappa shape index (κ3) is 2.75. The minimum Gasteiger partial charge on any atom is -0.340 e. The second-order valence-corrected chi connectivity index (χ2v) is 2.77. The molecule has 0 bridgehead atoms. The van der Waals surface area contributed by atoms with Gasteiger partial charge in [-0.15, -0.1) is 11.8 Å². The first-order valence-electron chi connectivity index (χ1n) is 4.15. The maximum Gasteiger partial charge on any atom is 0.183 e. The maximum absolute atomic E-state index is 11.4. The summed E-state index contributed by atoms with van der Waals surface area (Å²) in [6, 6.07) is 0. The van der Waals surface area contributed by atoms with Gasteiger partial charge in [0.1, 0.15) is 5.69 Å². The van der Waals surface area contributed by atoms with Crippen LogP contribution >= 0.6 is 0 Å². The van der Waals surface area contributed by atoms with Crippen molar-refractivity contribution in [2.45, 2.75) is 19.8 Å². The summed E-state index contributed by atoms with van der Waals surface area (Å²) in [7, 11) is 1.84. The van der Waals surface area contributed by atoms with Gasteiger partial charge in [0.25, 0.3) is 0 Å². The third-order valence-corrected chi connectivity index (χ3v) is 1.64. The average molecular weight is 176 g/mol. The summed E-state index contributed by atoms with van der Waals surface area (Å²) in [5, 5.41) is 0. The summed E-state index contributed by atoms with van der Waals surface area (Å²) in [6.45, 7) is 1.77. The highest BCUT2D eigenvalue weighted by atomic mass is 16.1. The highest BCUT2D eigenvalue weighted by Crippen LogP contribution is 2.01. The second kappa shape index (κ2) is 4.46. The highest BCUT2D eigenvalue weighted by molar-refractivity contribution is 5.94. The molecule has 1 aromatic heterocycles. The maximum atomic E-state index is 11.4. The molecule has 0 amide bonds. The molecule has 3 nitrogen and oxygen atoms in total. The predicted molar refractivity (Wildman–Crippen MR) is 50.2 cm³/mol. The zero-order valence-corrected chi connectivity index (χ0v) is 7.87. The lowest BCUT2D eigenvalue weighted by Gasteiger charge is -1.90. The van der Waals surface area contributed by atoms with E-state index in [4.69, 9.17) is 0 Å². The van der Waals surface area contributed by atoms with Crippen molar-refractivity contribution in [1.82, 2.24) is 9.55 Å². The van der Waals surface area contributed by atoms with E-state index in [2.05, 4.69) is 16.8 Å². The van der Waals surface area contributed by atoms with Crippen molar-refractivity contribution < 1.29 is 4.79 Å². The first kappa shape index (κ1) is 9.53. The van der Waals surface area contributed by atoms with Gasteiger partial charge < -0.3 is 4.57 Å². The largest absolute Gasteiger partial charge is 0.340 e. The van der Waals surface area contributed by atoms with E-state index in [9.17, 15) is 4.79 Å². The van der Waals surface area contributed by atoms with Gasteiger partial charge in [-0.1, -0.05) is 0 Å². The molecule has 0 saturated carbocycles. The van der Waals surface area contributed by atoms with E-state index in [0.29, 0.717) is 18.5 Å². The van der Waals surface area contributed by atoms with Crippen LogP contribution in [-0.2, 0) is 7.05 Å². The zero-order valence-electron chi connectivity index (χ0n) is 7.87. The Morgan fingerprint density at radius 3 is 3.00 bits per heavy atom. The molecule has 0 N–H and O–H groups in total. The molecular weight excluding hydrogens is 164 g/mol. The van der Waals surface area contributed by atoms with E-state index in [1.807, 2.05) is 7.05 Å². The minimum atomic E-state index is 0.0587. The number of carbonyl (C=O) groups excluding carboxylic acids is 1. The van der Waals surface area contributed by atoms with Crippen LogP contribution < -0.4 is 0 Å². The fourth-order valence-corrected chi connectivity index (χ4v) is 0.986. The van der Waals surface area contributed by atoms with Crippen molar-refractivity contribution in [3.63, 3.8) is 0 Å². The summed E-state index contributed by atoms with van der Waals surface area (Å²) in [5.41, 5.74) is 0.528. The molecule has 0 fully saturated rings. The minimum absolute atomic E-state index is 0.0587. The van der Waals surface area contributed by atoms with Gasteiger partial charge in [0, 0.05) is 26.1 Å². The van der Waals surface area contributed by atoms with Gasteiger partial charge in [0.05, 0.1) is 6.33 Å². The molecule has 1 aromatic rings. The van der Waals surface area contributed by atoms with Gasteiger partial charge in [-0.2, -0.15) is 0 Å². The molecule has 0 radical (unpaired) electrons. The molecule has 0 aromatic carbocycles. The van der Waals surface area contributed by atoms with Gasteiger partial charge >= 0.3 is 0 Å². The molecule has 0 saturated heterocycles. The van der Waals surface area contributed by atoms with E-state index < -0.39 is 0 Å². The molecule has 0 spiro atoms. The molecule has 0 atom stereocenters. The van der Waals surface area contributed by atoms with Crippen LogP contribution in [0.15, 0.2) is 12.5 Å². The lowest BCUT2D eigenvalue weighted by molar-refractivity contribution is 0.0980. The lowest BCUT2D eigenvalue weighted by Crippen LogP contribution is -1.98. The van der Waals surface area contributed by atoms with Crippen molar-refractivity contribution >= 4 is 5.78 Å². The standard InChI is InChI=1S/C10H12N2O/c1-3-4-5-6-10(13)9-7-12(2)8-11-9/h7-8H,5-6H2,1-2H3. The van der Waals surface area contributed by atoms with Crippen LogP contribution in [0.25, 0.3) is 0 Å². The summed E-state index contributed by atoms with van der Waals surface area (Å²) < 4.78 is 1.76. The number of hydrogen-bond donors (Lipinski definition) is 0. The van der Waals surface area contributed by atoms with Crippen molar-refractivity contribution in [3.05, 3.63) is 18.2 Å². The van der Waals surface area contributed by atoms with Crippen molar-refractivity contribution in [1.29, 1.82) is 0 Å². The molecule has 3 heteroatoms. The monoisotopic (exact) mass is 176 g/mol. The smallest absolute Gasteiger partial charge is 0.183 e. The SMILES string of the molecule is CC#CCCC(=O)c1cn(C)cn1. The van der Waals surface area contributed by atoms with Crippen LogP contribution in [0.2, 0.25) is 0 Å². The highest BCUT2D eigenvalue weighted by Gasteiger charge is 2.06. The molecule has 0 aliphatic heterocycles. The Bertz CT molecular complexity index is 354. The van der Waals surface area contributed by atoms with Gasteiger partial charge in [-0.3, -0.25) is 4.79 Å². The fraction of sp³-hybridized carbons (Fsp3) is 0.400. The first-order valence-corrected chi connectivity index (χ1v) is 4.15. The van der Waals surface area contributed by atoms with Crippen molar-refractivity contribution in [3.8, 4) is 11.8 Å². The normalized spacial score (nSPS) is 9.08. The molecule has 0 unspecified atom stereocenters. The van der Waals surface area contributed by atoms with E-state index >= 15 is 0 Å².